The fourth-order valence-corrected chi connectivity index (χ4v) is 5.01. The zero-order valence-corrected chi connectivity index (χ0v) is 22.0. The van der Waals surface area contributed by atoms with Gasteiger partial charge in [0.25, 0.3) is 0 Å². The number of rotatable bonds is 7. The topological polar surface area (TPSA) is 97.4 Å². The maximum Gasteiger partial charge on any atom is 0.343 e. The molecule has 1 aromatic rings. The van der Waals surface area contributed by atoms with Gasteiger partial charge in [-0.3, -0.25) is 9.59 Å². The molecule has 8 nitrogen and oxygen atoms in total. The van der Waals surface area contributed by atoms with E-state index in [2.05, 4.69) is 0 Å². The molecular weight excluding hydrogens is 499 g/mol. The van der Waals surface area contributed by atoms with Gasteiger partial charge < -0.3 is 23.7 Å². The molecule has 1 aromatic carbocycles. The Morgan fingerprint density at radius 2 is 1.80 bits per heavy atom. The Labute approximate surface area is 214 Å². The SMILES string of the molecule is CCCC1=CC2=CC(=O)C(C)(OC(=O)c3c(C)c(Cl)c(OC)c(Cl)c3OC)C(OC(C)=O)C2CO1. The normalized spacial score (nSPS) is 23.4. The fourth-order valence-electron chi connectivity index (χ4n) is 4.35. The number of halogens is 2. The highest BCUT2D eigenvalue weighted by molar-refractivity contribution is 6.39. The van der Waals surface area contributed by atoms with Gasteiger partial charge in [0.1, 0.15) is 10.6 Å². The maximum absolute atomic E-state index is 13.5. The zero-order chi connectivity index (χ0) is 26.1. The summed E-state index contributed by atoms with van der Waals surface area (Å²) in [5, 5.41) is 0.0732. The van der Waals surface area contributed by atoms with Crippen LogP contribution in [-0.2, 0) is 23.8 Å². The number of hydrogen-bond donors (Lipinski definition) is 0. The van der Waals surface area contributed by atoms with Crippen molar-refractivity contribution in [1.29, 1.82) is 0 Å². The van der Waals surface area contributed by atoms with Crippen molar-refractivity contribution in [3.63, 3.8) is 0 Å². The van der Waals surface area contributed by atoms with Crippen molar-refractivity contribution in [3.05, 3.63) is 44.7 Å². The van der Waals surface area contributed by atoms with Crippen LogP contribution in [-0.4, -0.2) is 50.3 Å². The third-order valence-electron chi connectivity index (χ3n) is 6.14. The lowest BCUT2D eigenvalue weighted by molar-refractivity contribution is -0.175. The van der Waals surface area contributed by atoms with Gasteiger partial charge in [-0.2, -0.15) is 0 Å². The molecule has 1 aliphatic heterocycles. The van der Waals surface area contributed by atoms with Crippen molar-refractivity contribution in [3.8, 4) is 11.5 Å². The molecule has 0 bridgehead atoms. The second-order valence-electron chi connectivity index (χ2n) is 8.51. The minimum absolute atomic E-state index is 0.0179. The Balaban J connectivity index is 2.08. The van der Waals surface area contributed by atoms with Gasteiger partial charge in [-0.25, -0.2) is 4.79 Å². The first-order valence-corrected chi connectivity index (χ1v) is 11.8. The number of fused-ring (bicyclic) bond motifs is 1. The van der Waals surface area contributed by atoms with Crippen LogP contribution in [0.25, 0.3) is 0 Å². The molecule has 35 heavy (non-hydrogen) atoms. The van der Waals surface area contributed by atoms with Gasteiger partial charge in [0, 0.05) is 13.3 Å². The van der Waals surface area contributed by atoms with E-state index < -0.39 is 35.3 Å². The Morgan fingerprint density at radius 1 is 1.14 bits per heavy atom. The number of carbonyl (C=O) groups is 3. The summed E-state index contributed by atoms with van der Waals surface area (Å²) < 4.78 is 27.8. The van der Waals surface area contributed by atoms with Gasteiger partial charge >= 0.3 is 11.9 Å². The highest BCUT2D eigenvalue weighted by Crippen LogP contribution is 2.46. The predicted molar refractivity (Wildman–Crippen MR) is 129 cm³/mol. The third-order valence-corrected chi connectivity index (χ3v) is 6.93. The second kappa shape index (κ2) is 10.5. The fraction of sp³-hybridized carbons (Fsp3) is 0.480. The van der Waals surface area contributed by atoms with Crippen molar-refractivity contribution in [2.75, 3.05) is 20.8 Å². The van der Waals surface area contributed by atoms with E-state index in [1.165, 1.54) is 34.1 Å². The van der Waals surface area contributed by atoms with Crippen LogP contribution in [0.15, 0.2) is 23.5 Å². The lowest BCUT2D eigenvalue weighted by atomic mass is 9.74. The summed E-state index contributed by atoms with van der Waals surface area (Å²) >= 11 is 12.7. The van der Waals surface area contributed by atoms with Crippen molar-refractivity contribution in [2.45, 2.75) is 52.2 Å². The molecule has 0 spiro atoms. The van der Waals surface area contributed by atoms with Crippen LogP contribution in [0.1, 0.15) is 49.5 Å². The number of carbonyl (C=O) groups excluding carboxylic acids is 3. The first-order valence-electron chi connectivity index (χ1n) is 11.1. The van der Waals surface area contributed by atoms with Crippen LogP contribution < -0.4 is 9.47 Å². The molecule has 3 unspecified atom stereocenters. The first kappa shape index (κ1) is 26.9. The Bertz CT molecular complexity index is 1120. The molecule has 2 aliphatic rings. The highest BCUT2D eigenvalue weighted by atomic mass is 35.5. The minimum atomic E-state index is -1.84. The summed E-state index contributed by atoms with van der Waals surface area (Å²) in [6, 6.07) is 0. The highest BCUT2D eigenvalue weighted by Gasteiger charge is 2.55. The molecule has 3 rings (SSSR count). The number of ketones is 1. The molecule has 0 saturated heterocycles. The van der Waals surface area contributed by atoms with Crippen LogP contribution in [0.2, 0.25) is 10.0 Å². The molecule has 0 radical (unpaired) electrons. The summed E-state index contributed by atoms with van der Waals surface area (Å²) in [7, 11) is 2.71. The number of ether oxygens (including phenoxy) is 5. The zero-order valence-electron chi connectivity index (χ0n) is 20.5. The molecule has 10 heteroatoms. The number of allylic oxidation sites excluding steroid dienone is 2. The smallest absolute Gasteiger partial charge is 0.343 e. The molecule has 3 atom stereocenters. The average molecular weight is 527 g/mol. The van der Waals surface area contributed by atoms with Crippen LogP contribution in [0.5, 0.6) is 11.5 Å². The molecule has 1 aliphatic carbocycles. The monoisotopic (exact) mass is 526 g/mol. The lowest BCUT2D eigenvalue weighted by Gasteiger charge is -2.43. The van der Waals surface area contributed by atoms with Crippen molar-refractivity contribution in [2.24, 2.45) is 5.92 Å². The van der Waals surface area contributed by atoms with E-state index >= 15 is 0 Å². The van der Waals surface area contributed by atoms with E-state index in [0.717, 1.165) is 12.2 Å². The Morgan fingerprint density at radius 3 is 2.37 bits per heavy atom. The molecule has 0 N–H and O–H groups in total. The van der Waals surface area contributed by atoms with E-state index in [4.69, 9.17) is 46.9 Å². The first-order chi connectivity index (χ1) is 16.5. The summed E-state index contributed by atoms with van der Waals surface area (Å²) in [5.74, 6) is -1.73. The molecule has 0 saturated carbocycles. The van der Waals surface area contributed by atoms with Crippen LogP contribution in [0.4, 0.5) is 0 Å². The molecule has 1 heterocycles. The molecular formula is C25H28Cl2O8. The molecule has 0 aromatic heterocycles. The van der Waals surface area contributed by atoms with E-state index in [-0.39, 0.29) is 39.3 Å². The molecule has 0 fully saturated rings. The molecule has 0 amide bonds. The van der Waals surface area contributed by atoms with Gasteiger partial charge in [-0.15, -0.1) is 0 Å². The standard InChI is InChI=1S/C25H28Cl2O8/c1-7-8-15-9-14-10-17(29)25(4,23(34-13(3)28)16(14)11-33-15)35-24(30)18-12(2)19(26)22(32-6)20(27)21(18)31-5/h9-10,16,23H,7-8,11H2,1-6H3. The van der Waals surface area contributed by atoms with Crippen LogP contribution in [0.3, 0.4) is 0 Å². The van der Waals surface area contributed by atoms with Gasteiger partial charge in [0.05, 0.1) is 37.5 Å². The second-order valence-corrected chi connectivity index (χ2v) is 9.26. The van der Waals surface area contributed by atoms with Gasteiger partial charge in [-0.1, -0.05) is 30.1 Å². The quantitative estimate of drug-likeness (QED) is 0.457. The average Bonchev–Trinajstić information content (AvgIpc) is 2.79. The van der Waals surface area contributed by atoms with E-state index in [1.54, 1.807) is 13.0 Å². The van der Waals surface area contributed by atoms with E-state index in [9.17, 15) is 14.4 Å². The van der Waals surface area contributed by atoms with Crippen LogP contribution >= 0.6 is 23.2 Å². The van der Waals surface area contributed by atoms with E-state index in [0.29, 0.717) is 12.0 Å². The number of esters is 2. The third kappa shape index (κ3) is 4.86. The number of benzene rings is 1. The van der Waals surface area contributed by atoms with Gasteiger partial charge in [-0.05, 0) is 43.6 Å². The summed E-state index contributed by atoms with van der Waals surface area (Å²) in [6.07, 6.45) is 3.65. The lowest BCUT2D eigenvalue weighted by Crippen LogP contribution is -2.58. The summed E-state index contributed by atoms with van der Waals surface area (Å²) in [5.41, 5.74) is -0.963. The summed E-state index contributed by atoms with van der Waals surface area (Å²) in [6.45, 7) is 6.39. The maximum atomic E-state index is 13.5. The number of hydrogen-bond acceptors (Lipinski definition) is 8. The van der Waals surface area contributed by atoms with Crippen molar-refractivity contribution in [1.82, 2.24) is 0 Å². The van der Waals surface area contributed by atoms with Gasteiger partial charge in [0.2, 0.25) is 11.4 Å². The largest absolute Gasteiger partial charge is 0.497 e. The summed E-state index contributed by atoms with van der Waals surface area (Å²) in [4.78, 5) is 38.8. The Hall–Kier alpha value is -2.71. The van der Waals surface area contributed by atoms with Crippen molar-refractivity contribution >= 4 is 40.9 Å². The van der Waals surface area contributed by atoms with Crippen LogP contribution in [0, 0.1) is 12.8 Å². The minimum Gasteiger partial charge on any atom is -0.497 e. The van der Waals surface area contributed by atoms with E-state index in [1.807, 2.05) is 6.92 Å². The Kier molecular flexibility index (Phi) is 8.07. The molecule has 190 valence electrons. The number of methoxy groups -OCH3 is 2. The van der Waals surface area contributed by atoms with Gasteiger partial charge in [0.15, 0.2) is 17.6 Å². The predicted octanol–water partition coefficient (Wildman–Crippen LogP) is 5.01. The van der Waals surface area contributed by atoms with Crippen molar-refractivity contribution < 1.29 is 38.1 Å².